The summed E-state index contributed by atoms with van der Waals surface area (Å²) < 4.78 is 4.98. The number of carbonyl (C=O) groups is 1. The van der Waals surface area contributed by atoms with Gasteiger partial charge < -0.3 is 15.4 Å². The second kappa shape index (κ2) is 7.46. The Labute approximate surface area is 122 Å². The molecule has 2 N–H and O–H groups in total. The number of nitrogens with zero attached hydrogens (tertiary/aromatic N) is 1. The molecule has 1 atom stereocenters. The molecule has 2 fully saturated rings. The van der Waals surface area contributed by atoms with Gasteiger partial charge in [-0.05, 0) is 31.1 Å². The molecule has 1 saturated carbocycles. The molecule has 0 aromatic carbocycles. The number of methoxy groups -OCH3 is 1. The molecular weight excluding hydrogens is 264 g/mol. The number of likely N-dealkylation sites (tertiary alicyclic amines) is 1. The van der Waals surface area contributed by atoms with Gasteiger partial charge in [0.15, 0.2) is 0 Å². The first-order valence-corrected chi connectivity index (χ1v) is 7.20. The third-order valence-corrected chi connectivity index (χ3v) is 4.55. The molecule has 1 aliphatic heterocycles. The quantitative estimate of drug-likeness (QED) is 0.864. The number of rotatable bonds is 3. The molecule has 2 aliphatic rings. The van der Waals surface area contributed by atoms with Crippen LogP contribution in [0.15, 0.2) is 0 Å². The standard InChI is InChI=1S/C14H26N2O2.ClH/c1-18-10-12(15)13(17)16-9-5-8-14(11-16)6-3-2-4-7-14;/h12H,2-11,15H2,1H3;1H. The Kier molecular flexibility index (Phi) is 6.57. The molecule has 1 amide bonds. The first kappa shape index (κ1) is 16.7. The van der Waals surface area contributed by atoms with Crippen LogP contribution in [0.3, 0.4) is 0 Å². The zero-order valence-corrected chi connectivity index (χ0v) is 12.7. The Morgan fingerprint density at radius 1 is 1.26 bits per heavy atom. The topological polar surface area (TPSA) is 55.6 Å². The lowest BCUT2D eigenvalue weighted by Gasteiger charge is -2.45. The molecule has 4 nitrogen and oxygen atoms in total. The monoisotopic (exact) mass is 290 g/mol. The minimum Gasteiger partial charge on any atom is -0.383 e. The Hall–Kier alpha value is -0.320. The molecule has 2 rings (SSSR count). The van der Waals surface area contributed by atoms with Crippen molar-refractivity contribution >= 4 is 18.3 Å². The van der Waals surface area contributed by atoms with Gasteiger partial charge in [0.25, 0.3) is 0 Å². The van der Waals surface area contributed by atoms with Crippen molar-refractivity contribution in [3.8, 4) is 0 Å². The van der Waals surface area contributed by atoms with Gasteiger partial charge in [-0.25, -0.2) is 0 Å². The van der Waals surface area contributed by atoms with E-state index in [1.165, 1.54) is 38.5 Å². The summed E-state index contributed by atoms with van der Waals surface area (Å²) in [5.74, 6) is 0.0708. The van der Waals surface area contributed by atoms with Gasteiger partial charge in [-0.3, -0.25) is 4.79 Å². The van der Waals surface area contributed by atoms with Crippen molar-refractivity contribution in [3.63, 3.8) is 0 Å². The van der Waals surface area contributed by atoms with Crippen LogP contribution in [0.25, 0.3) is 0 Å². The van der Waals surface area contributed by atoms with Crippen molar-refractivity contribution < 1.29 is 9.53 Å². The summed E-state index contributed by atoms with van der Waals surface area (Å²) in [6, 6.07) is -0.492. The van der Waals surface area contributed by atoms with E-state index in [0.29, 0.717) is 12.0 Å². The van der Waals surface area contributed by atoms with Gasteiger partial charge in [0.2, 0.25) is 5.91 Å². The van der Waals surface area contributed by atoms with E-state index in [1.807, 2.05) is 4.90 Å². The third kappa shape index (κ3) is 4.07. The van der Waals surface area contributed by atoms with E-state index in [9.17, 15) is 4.79 Å². The fourth-order valence-electron chi connectivity index (χ4n) is 3.59. The number of nitrogens with two attached hydrogens (primary N) is 1. The molecule has 1 aliphatic carbocycles. The van der Waals surface area contributed by atoms with Gasteiger partial charge in [-0.15, -0.1) is 12.4 Å². The number of piperidine rings is 1. The molecule has 19 heavy (non-hydrogen) atoms. The highest BCUT2D eigenvalue weighted by molar-refractivity contribution is 5.85. The number of ether oxygens (including phenoxy) is 1. The summed E-state index contributed by atoms with van der Waals surface area (Å²) >= 11 is 0. The zero-order chi connectivity index (χ0) is 13.0. The highest BCUT2D eigenvalue weighted by atomic mass is 35.5. The lowest BCUT2D eigenvalue weighted by Crippen LogP contribution is -2.53. The minimum atomic E-state index is -0.492. The highest BCUT2D eigenvalue weighted by Crippen LogP contribution is 2.43. The van der Waals surface area contributed by atoms with Crippen molar-refractivity contribution in [2.24, 2.45) is 11.1 Å². The average Bonchev–Trinajstić information content (AvgIpc) is 2.39. The largest absolute Gasteiger partial charge is 0.383 e. The van der Waals surface area contributed by atoms with Gasteiger partial charge in [0.05, 0.1) is 6.61 Å². The van der Waals surface area contributed by atoms with Crippen molar-refractivity contribution in [1.82, 2.24) is 4.90 Å². The van der Waals surface area contributed by atoms with E-state index in [0.717, 1.165) is 19.5 Å². The maximum absolute atomic E-state index is 12.2. The van der Waals surface area contributed by atoms with Crippen molar-refractivity contribution in [2.45, 2.75) is 51.0 Å². The SMILES string of the molecule is COCC(N)C(=O)N1CCCC2(CCCCC2)C1.Cl. The molecule has 1 heterocycles. The van der Waals surface area contributed by atoms with Crippen LogP contribution in [-0.2, 0) is 9.53 Å². The maximum atomic E-state index is 12.2. The Morgan fingerprint density at radius 2 is 1.89 bits per heavy atom. The van der Waals surface area contributed by atoms with E-state index in [2.05, 4.69) is 0 Å². The molecule has 1 saturated heterocycles. The zero-order valence-electron chi connectivity index (χ0n) is 11.9. The minimum absolute atomic E-state index is 0. The summed E-state index contributed by atoms with van der Waals surface area (Å²) in [7, 11) is 1.59. The molecule has 0 aromatic rings. The molecule has 0 radical (unpaired) electrons. The predicted octanol–water partition coefficient (Wildman–Crippen LogP) is 1.95. The van der Waals surface area contributed by atoms with Gasteiger partial charge in [0, 0.05) is 20.2 Å². The molecule has 0 aromatic heterocycles. The summed E-state index contributed by atoms with van der Waals surface area (Å²) in [5, 5.41) is 0. The lowest BCUT2D eigenvalue weighted by atomic mass is 9.69. The smallest absolute Gasteiger partial charge is 0.241 e. The molecule has 1 unspecified atom stereocenters. The molecule has 112 valence electrons. The van der Waals surface area contributed by atoms with Crippen LogP contribution in [0.2, 0.25) is 0 Å². The molecule has 0 bridgehead atoms. The fourth-order valence-corrected chi connectivity index (χ4v) is 3.59. The second-order valence-electron chi connectivity index (χ2n) is 5.99. The first-order valence-electron chi connectivity index (χ1n) is 7.20. The second-order valence-corrected chi connectivity index (χ2v) is 5.99. The average molecular weight is 291 g/mol. The third-order valence-electron chi connectivity index (χ3n) is 4.55. The van der Waals surface area contributed by atoms with Crippen LogP contribution in [-0.4, -0.2) is 43.7 Å². The van der Waals surface area contributed by atoms with E-state index < -0.39 is 6.04 Å². The van der Waals surface area contributed by atoms with Crippen LogP contribution < -0.4 is 5.73 Å². The first-order chi connectivity index (χ1) is 8.67. The van der Waals surface area contributed by atoms with Gasteiger partial charge in [0.1, 0.15) is 6.04 Å². The Balaban J connectivity index is 0.00000180. The van der Waals surface area contributed by atoms with Crippen molar-refractivity contribution in [2.75, 3.05) is 26.8 Å². The highest BCUT2D eigenvalue weighted by Gasteiger charge is 2.38. The van der Waals surface area contributed by atoms with Crippen LogP contribution in [0, 0.1) is 5.41 Å². The fraction of sp³-hybridized carbons (Fsp3) is 0.929. The normalized spacial score (nSPS) is 23.8. The van der Waals surface area contributed by atoms with E-state index in [4.69, 9.17) is 10.5 Å². The summed E-state index contributed by atoms with van der Waals surface area (Å²) in [5.41, 5.74) is 6.26. The number of hydrogen-bond donors (Lipinski definition) is 1. The van der Waals surface area contributed by atoms with Gasteiger partial charge in [-0.1, -0.05) is 19.3 Å². The van der Waals surface area contributed by atoms with Gasteiger partial charge >= 0.3 is 0 Å². The summed E-state index contributed by atoms with van der Waals surface area (Å²) in [4.78, 5) is 14.2. The number of carbonyl (C=O) groups excluding carboxylic acids is 1. The van der Waals surface area contributed by atoms with Crippen LogP contribution in [0.1, 0.15) is 44.9 Å². The summed E-state index contributed by atoms with van der Waals surface area (Å²) in [6.07, 6.45) is 9.01. The van der Waals surface area contributed by atoms with Crippen molar-refractivity contribution in [3.05, 3.63) is 0 Å². The Bertz CT molecular complexity index is 288. The van der Waals surface area contributed by atoms with E-state index >= 15 is 0 Å². The van der Waals surface area contributed by atoms with Crippen LogP contribution in [0.4, 0.5) is 0 Å². The molecular formula is C14H27ClN2O2. The van der Waals surface area contributed by atoms with E-state index in [-0.39, 0.29) is 18.3 Å². The number of halogens is 1. The predicted molar refractivity (Wildman–Crippen MR) is 78.4 cm³/mol. The summed E-state index contributed by atoms with van der Waals surface area (Å²) in [6.45, 7) is 2.11. The molecule has 5 heteroatoms. The molecule has 1 spiro atoms. The Morgan fingerprint density at radius 3 is 2.53 bits per heavy atom. The number of amides is 1. The van der Waals surface area contributed by atoms with Crippen LogP contribution >= 0.6 is 12.4 Å². The lowest BCUT2D eigenvalue weighted by molar-refractivity contribution is -0.138. The van der Waals surface area contributed by atoms with E-state index in [1.54, 1.807) is 7.11 Å². The van der Waals surface area contributed by atoms with Crippen LogP contribution in [0.5, 0.6) is 0 Å². The van der Waals surface area contributed by atoms with Gasteiger partial charge in [-0.2, -0.15) is 0 Å². The number of hydrogen-bond acceptors (Lipinski definition) is 3. The van der Waals surface area contributed by atoms with Crippen molar-refractivity contribution in [1.29, 1.82) is 0 Å². The maximum Gasteiger partial charge on any atom is 0.241 e.